The minimum atomic E-state index is -4.60. The Balaban J connectivity index is 1.88. The van der Waals surface area contributed by atoms with E-state index in [-0.39, 0.29) is 31.7 Å². The van der Waals surface area contributed by atoms with Gasteiger partial charge in [0.15, 0.2) is 6.61 Å². The predicted molar refractivity (Wildman–Crippen MR) is 76.7 cm³/mol. The summed E-state index contributed by atoms with van der Waals surface area (Å²) in [6, 6.07) is 2.72. The lowest BCUT2D eigenvalue weighted by molar-refractivity contribution is -0.186. The summed E-state index contributed by atoms with van der Waals surface area (Å²) in [5.41, 5.74) is 3.76. The number of hydrogen-bond donors (Lipinski definition) is 1. The average molecular weight is 370 g/mol. The number of anilines is 1. The third kappa shape index (κ3) is 4.93. The van der Waals surface area contributed by atoms with Gasteiger partial charge < -0.3 is 15.4 Å². The van der Waals surface area contributed by atoms with Crippen molar-refractivity contribution >= 4 is 11.6 Å². The number of nitrogen functional groups attached to an aromatic ring is 1. The fraction of sp³-hybridized carbons (Fsp3) is 0.533. The van der Waals surface area contributed by atoms with Crippen LogP contribution < -0.4 is 10.5 Å². The molecule has 0 unspecified atom stereocenters. The average Bonchev–Trinajstić information content (AvgIpc) is 2.50. The van der Waals surface area contributed by atoms with E-state index >= 15 is 0 Å². The molecule has 0 bridgehead atoms. The number of ether oxygens (including phenoxy) is 1. The van der Waals surface area contributed by atoms with Crippen molar-refractivity contribution in [2.24, 2.45) is 5.92 Å². The highest BCUT2D eigenvalue weighted by Crippen LogP contribution is 2.36. The van der Waals surface area contributed by atoms with Crippen LogP contribution in [0, 0.1) is 5.92 Å². The largest absolute Gasteiger partial charge is 0.484 e. The zero-order valence-electron chi connectivity index (χ0n) is 13.0. The van der Waals surface area contributed by atoms with Gasteiger partial charge in [0.25, 0.3) is 5.91 Å². The summed E-state index contributed by atoms with van der Waals surface area (Å²) in [6.07, 6.45) is -9.23. The molecule has 1 aliphatic heterocycles. The van der Waals surface area contributed by atoms with Crippen molar-refractivity contribution in [1.82, 2.24) is 4.90 Å². The number of amides is 1. The number of rotatable bonds is 3. The summed E-state index contributed by atoms with van der Waals surface area (Å²) < 4.78 is 80.6. The highest BCUT2D eigenvalue weighted by molar-refractivity contribution is 5.78. The van der Waals surface area contributed by atoms with Gasteiger partial charge in [0, 0.05) is 24.8 Å². The van der Waals surface area contributed by atoms with Crippen molar-refractivity contribution < 1.29 is 35.9 Å². The summed E-state index contributed by atoms with van der Waals surface area (Å²) in [7, 11) is 0. The first-order valence-corrected chi connectivity index (χ1v) is 7.42. The molecule has 1 heterocycles. The molecule has 0 radical (unpaired) electrons. The zero-order chi connectivity index (χ0) is 18.8. The van der Waals surface area contributed by atoms with E-state index in [1.807, 2.05) is 0 Å². The molecule has 2 rings (SSSR count). The topological polar surface area (TPSA) is 55.6 Å². The third-order valence-electron chi connectivity index (χ3n) is 4.00. The Bertz CT molecular complexity index is 621. The van der Waals surface area contributed by atoms with E-state index in [9.17, 15) is 31.1 Å². The maximum atomic E-state index is 12.6. The molecule has 0 spiro atoms. The number of nitrogens with zero attached hydrogens (tertiary/aromatic N) is 1. The van der Waals surface area contributed by atoms with Crippen LogP contribution in [0.15, 0.2) is 18.2 Å². The van der Waals surface area contributed by atoms with Crippen molar-refractivity contribution in [1.29, 1.82) is 0 Å². The van der Waals surface area contributed by atoms with Crippen LogP contribution in [0.5, 0.6) is 5.75 Å². The molecule has 2 N–H and O–H groups in total. The highest BCUT2D eigenvalue weighted by Gasteiger charge is 2.41. The van der Waals surface area contributed by atoms with Crippen LogP contribution in [0.4, 0.5) is 32.0 Å². The Morgan fingerprint density at radius 2 is 1.76 bits per heavy atom. The van der Waals surface area contributed by atoms with Crippen LogP contribution in [-0.2, 0) is 11.0 Å². The molecule has 1 fully saturated rings. The molecule has 25 heavy (non-hydrogen) atoms. The third-order valence-corrected chi connectivity index (χ3v) is 4.00. The van der Waals surface area contributed by atoms with Crippen LogP contribution in [0.3, 0.4) is 0 Å². The van der Waals surface area contributed by atoms with Gasteiger partial charge in [-0.15, -0.1) is 0 Å². The molecule has 1 amide bonds. The SMILES string of the molecule is Nc1cc(OCC(=O)N2CCC(C(F)(F)F)CC2)ccc1C(F)(F)F. The number of alkyl halides is 6. The van der Waals surface area contributed by atoms with E-state index in [0.29, 0.717) is 0 Å². The fourth-order valence-electron chi connectivity index (χ4n) is 2.58. The standard InChI is InChI=1S/C15H16F6N2O2/c16-14(17,18)9-3-5-23(6-4-9)13(24)8-25-10-1-2-11(12(22)7-10)15(19,20)21/h1-2,7,9H,3-6,8,22H2. The molecule has 1 saturated heterocycles. The molecule has 0 aliphatic carbocycles. The van der Waals surface area contributed by atoms with Gasteiger partial charge >= 0.3 is 12.4 Å². The lowest BCUT2D eigenvalue weighted by atomic mass is 9.96. The maximum absolute atomic E-state index is 12.6. The Morgan fingerprint density at radius 1 is 1.16 bits per heavy atom. The van der Waals surface area contributed by atoms with Gasteiger partial charge in [-0.25, -0.2) is 0 Å². The summed E-state index contributed by atoms with van der Waals surface area (Å²) in [4.78, 5) is 13.2. The van der Waals surface area contributed by atoms with Crippen LogP contribution >= 0.6 is 0 Å². The molecule has 1 aromatic carbocycles. The molecule has 10 heteroatoms. The first-order chi connectivity index (χ1) is 11.5. The van der Waals surface area contributed by atoms with Gasteiger partial charge in [0.1, 0.15) is 5.75 Å². The van der Waals surface area contributed by atoms with Gasteiger partial charge in [-0.05, 0) is 25.0 Å². The number of halogens is 6. The minimum Gasteiger partial charge on any atom is -0.484 e. The van der Waals surface area contributed by atoms with Crippen LogP contribution in [0.2, 0.25) is 0 Å². The summed E-state index contributed by atoms with van der Waals surface area (Å²) >= 11 is 0. The zero-order valence-corrected chi connectivity index (χ0v) is 13.0. The lowest BCUT2D eigenvalue weighted by Crippen LogP contribution is -2.43. The molecule has 4 nitrogen and oxygen atoms in total. The number of hydrogen-bond acceptors (Lipinski definition) is 3. The normalized spacial score (nSPS) is 16.8. The number of likely N-dealkylation sites (tertiary alicyclic amines) is 1. The Morgan fingerprint density at radius 3 is 2.24 bits per heavy atom. The smallest absolute Gasteiger partial charge is 0.418 e. The van der Waals surface area contributed by atoms with E-state index in [1.165, 1.54) is 4.90 Å². The fourth-order valence-corrected chi connectivity index (χ4v) is 2.58. The van der Waals surface area contributed by atoms with Crippen LogP contribution in [0.1, 0.15) is 18.4 Å². The molecular formula is C15H16F6N2O2. The van der Waals surface area contributed by atoms with Gasteiger partial charge in [-0.2, -0.15) is 26.3 Å². The molecule has 1 aromatic rings. The van der Waals surface area contributed by atoms with E-state index in [1.54, 1.807) is 0 Å². The molecule has 0 aromatic heterocycles. The predicted octanol–water partition coefficient (Wildman–Crippen LogP) is 3.47. The maximum Gasteiger partial charge on any atom is 0.418 e. The number of nitrogens with two attached hydrogens (primary N) is 1. The van der Waals surface area contributed by atoms with Gasteiger partial charge in [-0.1, -0.05) is 0 Å². The minimum absolute atomic E-state index is 0.0240. The van der Waals surface area contributed by atoms with Crippen LogP contribution in [0.25, 0.3) is 0 Å². The van der Waals surface area contributed by atoms with Gasteiger partial charge in [0.05, 0.1) is 11.5 Å². The second-order valence-electron chi connectivity index (χ2n) is 5.73. The molecule has 140 valence electrons. The quantitative estimate of drug-likeness (QED) is 0.655. The number of piperidine rings is 1. The van der Waals surface area contributed by atoms with Gasteiger partial charge in [0.2, 0.25) is 0 Å². The molecular weight excluding hydrogens is 354 g/mol. The van der Waals surface area contributed by atoms with E-state index in [4.69, 9.17) is 10.5 Å². The lowest BCUT2D eigenvalue weighted by Gasteiger charge is -2.32. The number of benzene rings is 1. The second kappa shape index (κ2) is 7.01. The Hall–Kier alpha value is -2.13. The van der Waals surface area contributed by atoms with Crippen LogP contribution in [-0.4, -0.2) is 36.7 Å². The summed E-state index contributed by atoms with van der Waals surface area (Å²) in [5.74, 6) is -1.98. The highest BCUT2D eigenvalue weighted by atomic mass is 19.4. The van der Waals surface area contributed by atoms with Crippen molar-refractivity contribution in [2.45, 2.75) is 25.2 Å². The summed E-state index contributed by atoms with van der Waals surface area (Å²) in [5, 5.41) is 0. The molecule has 0 saturated carbocycles. The first-order valence-electron chi connectivity index (χ1n) is 7.42. The van der Waals surface area contributed by atoms with E-state index in [0.717, 1.165) is 18.2 Å². The van der Waals surface area contributed by atoms with Crippen molar-refractivity contribution in [3.8, 4) is 5.75 Å². The van der Waals surface area contributed by atoms with E-state index < -0.39 is 42.0 Å². The molecule has 1 aliphatic rings. The first kappa shape index (κ1) is 19.2. The second-order valence-corrected chi connectivity index (χ2v) is 5.73. The van der Waals surface area contributed by atoms with Crippen molar-refractivity contribution in [3.63, 3.8) is 0 Å². The van der Waals surface area contributed by atoms with E-state index in [2.05, 4.69) is 0 Å². The van der Waals surface area contributed by atoms with Crippen molar-refractivity contribution in [2.75, 3.05) is 25.4 Å². The Labute approximate surface area is 139 Å². The number of carbonyl (C=O) groups is 1. The monoisotopic (exact) mass is 370 g/mol. The van der Waals surface area contributed by atoms with Gasteiger partial charge in [-0.3, -0.25) is 4.79 Å². The Kier molecular flexibility index (Phi) is 5.38. The van der Waals surface area contributed by atoms with Crippen molar-refractivity contribution in [3.05, 3.63) is 23.8 Å². The molecule has 0 atom stereocenters. The number of carbonyl (C=O) groups excluding carboxylic acids is 1. The summed E-state index contributed by atoms with van der Waals surface area (Å²) in [6.45, 7) is -0.565.